The van der Waals surface area contributed by atoms with E-state index in [0.29, 0.717) is 0 Å². The van der Waals surface area contributed by atoms with Gasteiger partial charge in [-0.2, -0.15) is 0 Å². The summed E-state index contributed by atoms with van der Waals surface area (Å²) in [7, 11) is 0. The van der Waals surface area contributed by atoms with Crippen LogP contribution in [0.25, 0.3) is 5.69 Å². The molecule has 5 heteroatoms. The Bertz CT molecular complexity index is 664. The van der Waals surface area contributed by atoms with Crippen LogP contribution < -0.4 is 5.32 Å². The first-order valence-corrected chi connectivity index (χ1v) is 6.44. The van der Waals surface area contributed by atoms with Gasteiger partial charge in [0, 0.05) is 24.1 Å². The van der Waals surface area contributed by atoms with Crippen molar-refractivity contribution in [3.8, 4) is 5.69 Å². The molecule has 0 bridgehead atoms. The molecule has 3 aromatic rings. The van der Waals surface area contributed by atoms with E-state index in [2.05, 4.69) is 33.5 Å². The number of nitrogens with one attached hydrogen (secondary N) is 1. The number of hydrogen-bond donors (Lipinski definition) is 1. The number of nitrogens with zero attached hydrogens (tertiary/aromatic N) is 4. The minimum atomic E-state index is 0.217. The van der Waals surface area contributed by atoms with Gasteiger partial charge in [0.15, 0.2) is 0 Å². The van der Waals surface area contributed by atoms with Gasteiger partial charge in [0.2, 0.25) is 0 Å². The van der Waals surface area contributed by atoms with E-state index in [4.69, 9.17) is 0 Å². The van der Waals surface area contributed by atoms with E-state index < -0.39 is 0 Å². The maximum atomic E-state index is 4.04. The Morgan fingerprint density at radius 1 is 1.05 bits per heavy atom. The molecule has 1 unspecified atom stereocenters. The summed E-state index contributed by atoms with van der Waals surface area (Å²) in [4.78, 5) is 4.04. The lowest BCUT2D eigenvalue weighted by molar-refractivity contribution is 0.880. The maximum Gasteiger partial charge on any atom is 0.123 e. The van der Waals surface area contributed by atoms with Gasteiger partial charge in [-0.05, 0) is 42.8 Å². The third kappa shape index (κ3) is 2.66. The monoisotopic (exact) mass is 265 g/mol. The number of benzene rings is 1. The molecule has 0 amide bonds. The van der Waals surface area contributed by atoms with Crippen molar-refractivity contribution in [3.05, 3.63) is 67.0 Å². The molecular formula is C15H15N5. The summed E-state index contributed by atoms with van der Waals surface area (Å²) in [6.45, 7) is 2.13. The second-order valence-electron chi connectivity index (χ2n) is 4.57. The number of pyridine rings is 1. The van der Waals surface area contributed by atoms with E-state index in [1.54, 1.807) is 25.0 Å². The van der Waals surface area contributed by atoms with Crippen molar-refractivity contribution >= 4 is 5.69 Å². The summed E-state index contributed by atoms with van der Waals surface area (Å²) in [5.74, 6) is 0. The van der Waals surface area contributed by atoms with Gasteiger partial charge < -0.3 is 5.32 Å². The van der Waals surface area contributed by atoms with Gasteiger partial charge in [-0.3, -0.25) is 9.55 Å². The molecule has 0 radical (unpaired) electrons. The van der Waals surface area contributed by atoms with Crippen molar-refractivity contribution in [2.45, 2.75) is 13.0 Å². The zero-order chi connectivity index (χ0) is 13.8. The summed E-state index contributed by atoms with van der Waals surface area (Å²) in [5, 5.41) is 11.1. The third-order valence-corrected chi connectivity index (χ3v) is 3.15. The Balaban J connectivity index is 1.80. The van der Waals surface area contributed by atoms with Crippen LogP contribution in [0.1, 0.15) is 18.5 Å². The highest BCUT2D eigenvalue weighted by molar-refractivity contribution is 5.52. The van der Waals surface area contributed by atoms with Gasteiger partial charge in [0.25, 0.3) is 0 Å². The van der Waals surface area contributed by atoms with Gasteiger partial charge in [-0.25, -0.2) is 0 Å². The van der Waals surface area contributed by atoms with Crippen LogP contribution in [0.2, 0.25) is 0 Å². The third-order valence-electron chi connectivity index (χ3n) is 3.15. The standard InChI is InChI=1S/C15H15N5/c1-12(13-5-7-16-8-6-13)19-14-3-2-4-15(9-14)20-10-17-18-11-20/h2-12,19H,1H3. The first-order chi connectivity index (χ1) is 9.83. The zero-order valence-electron chi connectivity index (χ0n) is 11.1. The SMILES string of the molecule is CC(Nc1cccc(-n2cnnc2)c1)c1ccncc1. The second kappa shape index (κ2) is 5.52. The Labute approximate surface area is 117 Å². The van der Waals surface area contributed by atoms with Crippen molar-refractivity contribution < 1.29 is 0 Å². The van der Waals surface area contributed by atoms with Crippen LogP contribution in [0, 0.1) is 0 Å². The highest BCUT2D eigenvalue weighted by atomic mass is 15.2. The first-order valence-electron chi connectivity index (χ1n) is 6.44. The van der Waals surface area contributed by atoms with E-state index in [0.717, 1.165) is 11.4 Å². The Hall–Kier alpha value is -2.69. The molecule has 0 fully saturated rings. The molecule has 20 heavy (non-hydrogen) atoms. The fourth-order valence-electron chi connectivity index (χ4n) is 2.08. The first kappa shape index (κ1) is 12.3. The minimum Gasteiger partial charge on any atom is -0.378 e. The molecule has 0 aliphatic heterocycles. The van der Waals surface area contributed by atoms with E-state index in [1.807, 2.05) is 34.9 Å². The lowest BCUT2D eigenvalue weighted by atomic mass is 10.1. The van der Waals surface area contributed by atoms with Crippen LogP contribution >= 0.6 is 0 Å². The molecule has 5 nitrogen and oxygen atoms in total. The molecule has 0 saturated carbocycles. The fourth-order valence-corrected chi connectivity index (χ4v) is 2.08. The Morgan fingerprint density at radius 2 is 1.80 bits per heavy atom. The van der Waals surface area contributed by atoms with Crippen LogP contribution in [0.5, 0.6) is 0 Å². The maximum absolute atomic E-state index is 4.04. The summed E-state index contributed by atoms with van der Waals surface area (Å²) in [6, 6.07) is 12.4. The fraction of sp³-hybridized carbons (Fsp3) is 0.133. The van der Waals surface area contributed by atoms with Crippen LogP contribution in [0.15, 0.2) is 61.4 Å². The van der Waals surface area contributed by atoms with Gasteiger partial charge in [0.05, 0.1) is 5.69 Å². The molecule has 2 aromatic heterocycles. The number of hydrogen-bond acceptors (Lipinski definition) is 4. The predicted molar refractivity (Wildman–Crippen MR) is 77.6 cm³/mol. The highest BCUT2D eigenvalue weighted by Gasteiger charge is 2.05. The lowest BCUT2D eigenvalue weighted by Crippen LogP contribution is -2.06. The molecule has 1 N–H and O–H groups in total. The van der Waals surface area contributed by atoms with Gasteiger partial charge in [0.1, 0.15) is 12.7 Å². The average Bonchev–Trinajstić information content (AvgIpc) is 3.03. The molecular weight excluding hydrogens is 250 g/mol. The molecule has 100 valence electrons. The van der Waals surface area contributed by atoms with Crippen LogP contribution in [0.3, 0.4) is 0 Å². The molecule has 0 aliphatic carbocycles. The molecule has 0 aliphatic rings. The van der Waals surface area contributed by atoms with Crippen LogP contribution in [0.4, 0.5) is 5.69 Å². The summed E-state index contributed by atoms with van der Waals surface area (Å²) in [6.07, 6.45) is 6.99. The zero-order valence-corrected chi connectivity index (χ0v) is 11.1. The minimum absolute atomic E-state index is 0.217. The van der Waals surface area contributed by atoms with Crippen LogP contribution in [-0.4, -0.2) is 19.7 Å². The molecule has 0 saturated heterocycles. The molecule has 1 atom stereocenters. The molecule has 2 heterocycles. The Morgan fingerprint density at radius 3 is 2.55 bits per heavy atom. The van der Waals surface area contributed by atoms with Crippen molar-refractivity contribution in [2.75, 3.05) is 5.32 Å². The number of rotatable bonds is 4. The van der Waals surface area contributed by atoms with Crippen molar-refractivity contribution in [1.82, 2.24) is 19.7 Å². The van der Waals surface area contributed by atoms with E-state index in [-0.39, 0.29) is 6.04 Å². The number of anilines is 1. The van der Waals surface area contributed by atoms with Crippen LogP contribution in [-0.2, 0) is 0 Å². The average molecular weight is 265 g/mol. The normalized spacial score (nSPS) is 12.1. The molecule has 3 rings (SSSR count). The van der Waals surface area contributed by atoms with Crippen molar-refractivity contribution in [2.24, 2.45) is 0 Å². The quantitative estimate of drug-likeness (QED) is 0.788. The highest BCUT2D eigenvalue weighted by Crippen LogP contribution is 2.20. The second-order valence-corrected chi connectivity index (χ2v) is 4.57. The smallest absolute Gasteiger partial charge is 0.123 e. The van der Waals surface area contributed by atoms with E-state index >= 15 is 0 Å². The summed E-state index contributed by atoms with van der Waals surface area (Å²) < 4.78 is 1.88. The van der Waals surface area contributed by atoms with Gasteiger partial charge in [-0.15, -0.1) is 10.2 Å². The molecule has 0 spiro atoms. The summed E-state index contributed by atoms with van der Waals surface area (Å²) >= 11 is 0. The topological polar surface area (TPSA) is 55.6 Å². The largest absolute Gasteiger partial charge is 0.378 e. The van der Waals surface area contributed by atoms with Crippen molar-refractivity contribution in [1.29, 1.82) is 0 Å². The van der Waals surface area contributed by atoms with Gasteiger partial charge >= 0.3 is 0 Å². The summed E-state index contributed by atoms with van der Waals surface area (Å²) in [5.41, 5.74) is 3.29. The van der Waals surface area contributed by atoms with Gasteiger partial charge in [-0.1, -0.05) is 6.07 Å². The van der Waals surface area contributed by atoms with Crippen molar-refractivity contribution in [3.63, 3.8) is 0 Å². The van der Waals surface area contributed by atoms with E-state index in [9.17, 15) is 0 Å². The lowest BCUT2D eigenvalue weighted by Gasteiger charge is -2.16. The predicted octanol–water partition coefficient (Wildman–Crippen LogP) is 2.84. The van der Waals surface area contributed by atoms with E-state index in [1.165, 1.54) is 5.56 Å². The Kier molecular flexibility index (Phi) is 3.41. The molecule has 1 aromatic carbocycles. The number of aromatic nitrogens is 4.